The molecule has 1 heterocycles. The maximum Gasteiger partial charge on any atom is 0.375 e. The summed E-state index contributed by atoms with van der Waals surface area (Å²) < 4.78 is 13.4. The summed E-state index contributed by atoms with van der Waals surface area (Å²) in [7, 11) is 0. The van der Waals surface area contributed by atoms with E-state index in [4.69, 9.17) is 9.47 Å². The Morgan fingerprint density at radius 1 is 0.767 bits per heavy atom. The third-order valence-corrected chi connectivity index (χ3v) is 8.04. The van der Waals surface area contributed by atoms with Gasteiger partial charge in [0.15, 0.2) is 0 Å². The number of aromatic carboxylic acids is 1. The lowest BCUT2D eigenvalue weighted by Gasteiger charge is -2.32. The minimum absolute atomic E-state index is 0.148. The molecule has 2 saturated carbocycles. The van der Waals surface area contributed by atoms with Gasteiger partial charge in [-0.15, -0.1) is 5.10 Å². The molecule has 1 aromatic heterocycles. The molecule has 11 heteroatoms. The number of aromatic nitrogens is 3. The van der Waals surface area contributed by atoms with E-state index in [-0.39, 0.29) is 36.7 Å². The standard InChI is InChI=1S/C32H39N5O6/c38-28(33-24-15-7-9-17-26(24)42-20-22-11-3-1-4-12-22)19-37-30(35-29(36-37)32(40)41)31(39)34-25-16-8-10-18-27(25)43-21-23-13-5-2-6-14-23/h1-6,11-14,24-27H,7-10,15-21H2,(H,33,38)(H,34,39)(H,40,41)/t24-,25-,26-,27-/m0/s1. The van der Waals surface area contributed by atoms with Crippen LogP contribution in [0, 0.1) is 0 Å². The summed E-state index contributed by atoms with van der Waals surface area (Å²) in [6.45, 7) is 0.530. The summed E-state index contributed by atoms with van der Waals surface area (Å²) in [6.07, 6.45) is 6.66. The molecule has 43 heavy (non-hydrogen) atoms. The van der Waals surface area contributed by atoms with E-state index in [1.807, 2.05) is 60.7 Å². The quantitative estimate of drug-likeness (QED) is 0.289. The van der Waals surface area contributed by atoms with Gasteiger partial charge in [-0.05, 0) is 36.8 Å². The normalized spacial score (nSPS) is 22.0. The van der Waals surface area contributed by atoms with Gasteiger partial charge in [0.25, 0.3) is 11.7 Å². The number of rotatable bonds is 12. The fourth-order valence-electron chi connectivity index (χ4n) is 5.81. The minimum Gasteiger partial charge on any atom is -0.475 e. The largest absolute Gasteiger partial charge is 0.475 e. The molecule has 228 valence electrons. The first kappa shape index (κ1) is 30.4. The molecule has 2 amide bonds. The summed E-state index contributed by atoms with van der Waals surface area (Å²) in [5.41, 5.74) is 2.10. The highest BCUT2D eigenvalue weighted by molar-refractivity contribution is 5.93. The predicted octanol–water partition coefficient (Wildman–Crippen LogP) is 3.88. The van der Waals surface area contributed by atoms with Crippen LogP contribution in [0.1, 0.15) is 83.7 Å². The van der Waals surface area contributed by atoms with Crippen molar-refractivity contribution in [3.8, 4) is 0 Å². The zero-order chi connectivity index (χ0) is 30.0. The van der Waals surface area contributed by atoms with Gasteiger partial charge in [0, 0.05) is 0 Å². The third-order valence-electron chi connectivity index (χ3n) is 8.04. The smallest absolute Gasteiger partial charge is 0.375 e. The van der Waals surface area contributed by atoms with Crippen molar-refractivity contribution in [2.45, 2.75) is 95.4 Å². The minimum atomic E-state index is -1.38. The highest BCUT2D eigenvalue weighted by Gasteiger charge is 2.32. The second-order valence-corrected chi connectivity index (χ2v) is 11.2. The Morgan fingerprint density at radius 2 is 1.28 bits per heavy atom. The van der Waals surface area contributed by atoms with Crippen LogP contribution in [0.2, 0.25) is 0 Å². The van der Waals surface area contributed by atoms with Gasteiger partial charge in [-0.3, -0.25) is 9.59 Å². The molecule has 11 nitrogen and oxygen atoms in total. The highest BCUT2D eigenvalue weighted by Crippen LogP contribution is 2.24. The van der Waals surface area contributed by atoms with Crippen LogP contribution in [0.15, 0.2) is 60.7 Å². The Labute approximate surface area is 251 Å². The highest BCUT2D eigenvalue weighted by atomic mass is 16.5. The number of carboxylic acid groups (broad SMARTS) is 1. The van der Waals surface area contributed by atoms with E-state index in [1.165, 1.54) is 0 Å². The van der Waals surface area contributed by atoms with Crippen LogP contribution >= 0.6 is 0 Å². The van der Waals surface area contributed by atoms with Crippen molar-refractivity contribution in [2.75, 3.05) is 0 Å². The van der Waals surface area contributed by atoms with Gasteiger partial charge >= 0.3 is 5.97 Å². The molecule has 4 atom stereocenters. The van der Waals surface area contributed by atoms with Gasteiger partial charge in [-0.25, -0.2) is 9.48 Å². The van der Waals surface area contributed by atoms with Crippen molar-refractivity contribution in [1.29, 1.82) is 0 Å². The lowest BCUT2D eigenvalue weighted by molar-refractivity contribution is -0.124. The number of carboxylic acids is 1. The Bertz CT molecular complexity index is 1370. The van der Waals surface area contributed by atoms with Gasteiger partial charge in [0.2, 0.25) is 11.7 Å². The molecular weight excluding hydrogens is 550 g/mol. The Hall–Kier alpha value is -4.09. The van der Waals surface area contributed by atoms with E-state index in [0.717, 1.165) is 67.2 Å². The number of hydrogen-bond acceptors (Lipinski definition) is 7. The van der Waals surface area contributed by atoms with Crippen LogP contribution in [-0.2, 0) is 34.0 Å². The fraction of sp³-hybridized carbons (Fsp3) is 0.469. The number of nitrogens with one attached hydrogen (secondary N) is 2. The summed E-state index contributed by atoms with van der Waals surface area (Å²) in [5.74, 6) is -3.12. The SMILES string of the molecule is O=C(Cn1nc(C(=O)O)nc1C(=O)N[C@H]1CCCC[C@@H]1OCc1ccccc1)N[C@H]1CCCC[C@@H]1OCc1ccccc1. The number of carbonyl (C=O) groups is 3. The molecule has 3 aromatic rings. The molecule has 0 bridgehead atoms. The zero-order valence-electron chi connectivity index (χ0n) is 24.2. The predicted molar refractivity (Wildman–Crippen MR) is 157 cm³/mol. The molecule has 0 saturated heterocycles. The Balaban J connectivity index is 1.22. The number of ether oxygens (including phenoxy) is 2. The van der Waals surface area contributed by atoms with Crippen molar-refractivity contribution < 1.29 is 29.0 Å². The molecule has 2 aliphatic carbocycles. The molecule has 0 spiro atoms. The summed E-state index contributed by atoms with van der Waals surface area (Å²) in [4.78, 5) is 42.2. The van der Waals surface area contributed by atoms with E-state index in [2.05, 4.69) is 20.7 Å². The fourth-order valence-corrected chi connectivity index (χ4v) is 5.81. The molecule has 5 rings (SSSR count). The van der Waals surface area contributed by atoms with Crippen LogP contribution < -0.4 is 10.6 Å². The molecule has 2 aliphatic rings. The molecule has 0 radical (unpaired) electrons. The lowest BCUT2D eigenvalue weighted by atomic mass is 9.92. The maximum absolute atomic E-state index is 13.4. The van der Waals surface area contributed by atoms with Gasteiger partial charge in [-0.1, -0.05) is 86.3 Å². The van der Waals surface area contributed by atoms with Gasteiger partial charge < -0.3 is 25.2 Å². The Kier molecular flexibility index (Phi) is 10.5. The van der Waals surface area contributed by atoms with E-state index in [0.29, 0.717) is 13.2 Å². The van der Waals surface area contributed by atoms with Crippen molar-refractivity contribution in [3.05, 3.63) is 83.4 Å². The summed E-state index contributed by atoms with van der Waals surface area (Å²) in [6, 6.07) is 19.2. The van der Waals surface area contributed by atoms with Crippen LogP contribution in [0.3, 0.4) is 0 Å². The van der Waals surface area contributed by atoms with Crippen LogP contribution in [0.5, 0.6) is 0 Å². The maximum atomic E-state index is 13.4. The Morgan fingerprint density at radius 3 is 1.81 bits per heavy atom. The molecule has 2 fully saturated rings. The second kappa shape index (κ2) is 14.9. The first-order chi connectivity index (χ1) is 21.0. The van der Waals surface area contributed by atoms with Crippen LogP contribution in [0.4, 0.5) is 0 Å². The van der Waals surface area contributed by atoms with E-state index in [1.54, 1.807) is 0 Å². The monoisotopic (exact) mass is 589 g/mol. The number of benzene rings is 2. The first-order valence-electron chi connectivity index (χ1n) is 15.1. The molecule has 0 unspecified atom stereocenters. The van der Waals surface area contributed by atoms with E-state index < -0.39 is 23.6 Å². The lowest BCUT2D eigenvalue weighted by Crippen LogP contribution is -2.48. The molecule has 0 aliphatic heterocycles. The van der Waals surface area contributed by atoms with Gasteiger partial charge in [-0.2, -0.15) is 4.98 Å². The summed E-state index contributed by atoms with van der Waals surface area (Å²) in [5, 5.41) is 19.5. The van der Waals surface area contributed by atoms with Gasteiger partial charge in [0.1, 0.15) is 6.54 Å². The first-order valence-corrected chi connectivity index (χ1v) is 15.1. The van der Waals surface area contributed by atoms with Crippen molar-refractivity contribution in [1.82, 2.24) is 25.4 Å². The van der Waals surface area contributed by atoms with Crippen molar-refractivity contribution in [2.24, 2.45) is 0 Å². The molecule has 2 aromatic carbocycles. The molecular formula is C32H39N5O6. The van der Waals surface area contributed by atoms with Crippen LogP contribution in [-0.4, -0.2) is 61.9 Å². The van der Waals surface area contributed by atoms with E-state index in [9.17, 15) is 19.5 Å². The topological polar surface area (TPSA) is 145 Å². The molecule has 3 N–H and O–H groups in total. The second-order valence-electron chi connectivity index (χ2n) is 11.2. The average Bonchev–Trinajstić information content (AvgIpc) is 3.45. The van der Waals surface area contributed by atoms with Gasteiger partial charge in [0.05, 0.1) is 37.5 Å². The van der Waals surface area contributed by atoms with Crippen LogP contribution in [0.25, 0.3) is 0 Å². The average molecular weight is 590 g/mol. The number of carbonyl (C=O) groups excluding carboxylic acids is 2. The van der Waals surface area contributed by atoms with Crippen molar-refractivity contribution in [3.63, 3.8) is 0 Å². The summed E-state index contributed by atoms with van der Waals surface area (Å²) >= 11 is 0. The number of amides is 2. The van der Waals surface area contributed by atoms with E-state index >= 15 is 0 Å². The third kappa shape index (κ3) is 8.48. The van der Waals surface area contributed by atoms with Crippen molar-refractivity contribution >= 4 is 17.8 Å². The number of hydrogen-bond donors (Lipinski definition) is 3. The zero-order valence-corrected chi connectivity index (χ0v) is 24.2. The number of nitrogens with zero attached hydrogens (tertiary/aromatic N) is 3.